The van der Waals surface area contributed by atoms with Crippen molar-refractivity contribution in [3.05, 3.63) is 34.3 Å². The van der Waals surface area contributed by atoms with Gasteiger partial charge in [0.05, 0.1) is 24.7 Å². The lowest BCUT2D eigenvalue weighted by atomic mass is 9.39. The normalized spacial score (nSPS) is 34.2. The van der Waals surface area contributed by atoms with E-state index in [4.69, 9.17) is 21.1 Å². The summed E-state index contributed by atoms with van der Waals surface area (Å²) in [5.74, 6) is -0.442. The average Bonchev–Trinajstić information content (AvgIpc) is 2.76. The van der Waals surface area contributed by atoms with Gasteiger partial charge in [-0.3, -0.25) is 9.59 Å². The molecule has 1 saturated heterocycles. The van der Waals surface area contributed by atoms with Crippen LogP contribution in [0.3, 0.4) is 0 Å². The second-order valence-corrected chi connectivity index (χ2v) is 14.2. The smallest absolute Gasteiger partial charge is 0.312 e. The first-order valence-corrected chi connectivity index (χ1v) is 13.9. The number of aliphatic hydroxyl groups is 1. The Labute approximate surface area is 226 Å². The Kier molecular flexibility index (Phi) is 7.31. The average molecular weight is 534 g/mol. The minimum Gasteiger partial charge on any atom is -0.469 e. The fourth-order valence-corrected chi connectivity index (χ4v) is 7.26. The van der Waals surface area contributed by atoms with E-state index in [1.807, 2.05) is 19.9 Å². The van der Waals surface area contributed by atoms with Gasteiger partial charge in [-0.25, -0.2) is 0 Å². The number of amides is 1. The van der Waals surface area contributed by atoms with Crippen LogP contribution in [0.25, 0.3) is 0 Å². The number of halogens is 1. The zero-order valence-electron chi connectivity index (χ0n) is 23.5. The molecular weight excluding hydrogens is 490 g/mol. The molecule has 0 spiro atoms. The molecule has 0 radical (unpaired) electrons. The molecule has 1 aromatic carbocycles. The summed E-state index contributed by atoms with van der Waals surface area (Å²) in [6.45, 7) is 13.1. The summed E-state index contributed by atoms with van der Waals surface area (Å²) in [4.78, 5) is 25.6. The standard InChI is InChI=1S/C30H44ClNO5/c1-19-22(14-33)30(18-37-27(19,5)6,21-9-8-20(23(31)12-21)10-11-26(2,3)4)13-24(34)32-29-15-28(16-29,17-29)25(35)36-7/h8-9,12,19,22,33H,10-11,13-18H2,1-7H3,(H,32,34). The number of rotatable bonds is 8. The predicted octanol–water partition coefficient (Wildman–Crippen LogP) is 5.21. The number of aliphatic hydroxyl groups excluding tert-OH is 1. The number of carbonyl (C=O) groups is 2. The highest BCUT2D eigenvalue weighted by atomic mass is 35.5. The number of methoxy groups -OCH3 is 1. The van der Waals surface area contributed by atoms with E-state index < -0.39 is 16.4 Å². The van der Waals surface area contributed by atoms with E-state index in [0.717, 1.165) is 24.0 Å². The van der Waals surface area contributed by atoms with Gasteiger partial charge in [-0.15, -0.1) is 0 Å². The van der Waals surface area contributed by atoms with E-state index in [0.29, 0.717) is 30.9 Å². The summed E-state index contributed by atoms with van der Waals surface area (Å²) in [6.07, 6.45) is 3.96. The fourth-order valence-electron chi connectivity index (χ4n) is 6.98. The van der Waals surface area contributed by atoms with E-state index >= 15 is 0 Å². The third-order valence-electron chi connectivity index (χ3n) is 9.61. The summed E-state index contributed by atoms with van der Waals surface area (Å²) in [6, 6.07) is 6.13. The maximum atomic E-state index is 13.6. The molecule has 7 heteroatoms. The fraction of sp³-hybridized carbons (Fsp3) is 0.733. The van der Waals surface area contributed by atoms with Gasteiger partial charge in [0.2, 0.25) is 5.91 Å². The first-order valence-electron chi connectivity index (χ1n) is 13.5. The minimum absolute atomic E-state index is 0.0101. The molecule has 2 bridgehead atoms. The van der Waals surface area contributed by atoms with Crippen LogP contribution in [0.1, 0.15) is 84.8 Å². The molecule has 5 rings (SSSR count). The Morgan fingerprint density at radius 3 is 2.41 bits per heavy atom. The third-order valence-corrected chi connectivity index (χ3v) is 9.96. The highest BCUT2D eigenvalue weighted by Crippen LogP contribution is 2.67. The highest BCUT2D eigenvalue weighted by Gasteiger charge is 2.73. The molecule has 3 atom stereocenters. The zero-order chi connectivity index (χ0) is 27.4. The molecular formula is C30H44ClNO5. The maximum absolute atomic E-state index is 13.6. The molecule has 3 saturated carbocycles. The van der Waals surface area contributed by atoms with Crippen molar-refractivity contribution in [3.63, 3.8) is 0 Å². The Morgan fingerprint density at radius 2 is 1.86 bits per heavy atom. The molecule has 4 aliphatic rings. The van der Waals surface area contributed by atoms with E-state index in [2.05, 4.69) is 45.1 Å². The highest BCUT2D eigenvalue weighted by molar-refractivity contribution is 6.31. The van der Waals surface area contributed by atoms with Gasteiger partial charge in [0.1, 0.15) is 0 Å². The molecule has 37 heavy (non-hydrogen) atoms. The lowest BCUT2D eigenvalue weighted by Crippen LogP contribution is -2.77. The van der Waals surface area contributed by atoms with Crippen molar-refractivity contribution in [2.45, 2.75) is 96.6 Å². The van der Waals surface area contributed by atoms with E-state index in [-0.39, 0.29) is 47.7 Å². The topological polar surface area (TPSA) is 84.9 Å². The molecule has 3 unspecified atom stereocenters. The Morgan fingerprint density at radius 1 is 1.22 bits per heavy atom. The number of benzene rings is 1. The van der Waals surface area contributed by atoms with Crippen molar-refractivity contribution in [1.82, 2.24) is 5.32 Å². The number of hydrogen-bond donors (Lipinski definition) is 2. The maximum Gasteiger partial charge on any atom is 0.312 e. The summed E-state index contributed by atoms with van der Waals surface area (Å²) in [5, 5.41) is 14.6. The molecule has 1 aromatic rings. The lowest BCUT2D eigenvalue weighted by Gasteiger charge is -2.68. The summed E-state index contributed by atoms with van der Waals surface area (Å²) in [7, 11) is 1.41. The summed E-state index contributed by atoms with van der Waals surface area (Å²) < 4.78 is 11.3. The number of ether oxygens (including phenoxy) is 2. The van der Waals surface area contributed by atoms with Crippen molar-refractivity contribution < 1.29 is 24.2 Å². The molecule has 2 N–H and O–H groups in total. The molecule has 4 fully saturated rings. The first kappa shape index (κ1) is 28.4. The van der Waals surface area contributed by atoms with Gasteiger partial charge in [-0.1, -0.05) is 51.4 Å². The van der Waals surface area contributed by atoms with Gasteiger partial charge in [-0.2, -0.15) is 0 Å². The van der Waals surface area contributed by atoms with Gasteiger partial charge >= 0.3 is 5.97 Å². The molecule has 206 valence electrons. The van der Waals surface area contributed by atoms with Crippen LogP contribution in [0.4, 0.5) is 0 Å². The van der Waals surface area contributed by atoms with Crippen molar-refractivity contribution in [2.24, 2.45) is 22.7 Å². The van der Waals surface area contributed by atoms with Crippen LogP contribution in [0, 0.1) is 22.7 Å². The van der Waals surface area contributed by atoms with E-state index in [9.17, 15) is 14.7 Å². The van der Waals surface area contributed by atoms with E-state index in [1.165, 1.54) is 7.11 Å². The SMILES string of the molecule is COC(=O)C12CC(NC(=O)CC3(c4ccc(CCC(C)(C)C)c(Cl)c4)COC(C)(C)C(C)C3CO)(C1)C2. The predicted molar refractivity (Wildman–Crippen MR) is 144 cm³/mol. The second-order valence-electron chi connectivity index (χ2n) is 13.8. The van der Waals surface area contributed by atoms with Crippen LogP contribution < -0.4 is 5.32 Å². The zero-order valence-corrected chi connectivity index (χ0v) is 24.3. The van der Waals surface area contributed by atoms with Crippen LogP contribution in [0.15, 0.2) is 18.2 Å². The van der Waals surface area contributed by atoms with Crippen molar-refractivity contribution >= 4 is 23.5 Å². The molecule has 3 aliphatic carbocycles. The van der Waals surface area contributed by atoms with Gasteiger partial charge in [0.15, 0.2) is 0 Å². The molecule has 0 aromatic heterocycles. The lowest BCUT2D eigenvalue weighted by molar-refractivity contribution is -0.204. The second kappa shape index (κ2) is 9.53. The van der Waals surface area contributed by atoms with Crippen molar-refractivity contribution in [1.29, 1.82) is 0 Å². The van der Waals surface area contributed by atoms with Crippen molar-refractivity contribution in [2.75, 3.05) is 20.3 Å². The number of hydrogen-bond acceptors (Lipinski definition) is 5. The number of aryl methyl sites for hydroxylation is 1. The van der Waals surface area contributed by atoms with Crippen LogP contribution >= 0.6 is 11.6 Å². The van der Waals surface area contributed by atoms with E-state index in [1.54, 1.807) is 0 Å². The Balaban J connectivity index is 1.60. The summed E-state index contributed by atoms with van der Waals surface area (Å²) >= 11 is 6.81. The minimum atomic E-state index is -0.719. The van der Waals surface area contributed by atoms with Crippen LogP contribution in [-0.2, 0) is 30.9 Å². The first-order chi connectivity index (χ1) is 17.1. The largest absolute Gasteiger partial charge is 0.469 e. The van der Waals surface area contributed by atoms with Gasteiger partial charge in [0, 0.05) is 29.0 Å². The summed E-state index contributed by atoms with van der Waals surface area (Å²) in [5.41, 5.74) is 0.334. The molecule has 1 aliphatic heterocycles. The van der Waals surface area contributed by atoms with Crippen LogP contribution in [0.2, 0.25) is 5.02 Å². The Bertz CT molecular complexity index is 1040. The molecule has 1 heterocycles. The van der Waals surface area contributed by atoms with Crippen molar-refractivity contribution in [3.8, 4) is 0 Å². The molecule has 1 amide bonds. The number of esters is 1. The van der Waals surface area contributed by atoms with Crippen LogP contribution in [-0.4, -0.2) is 48.4 Å². The quantitative estimate of drug-likeness (QED) is 0.448. The van der Waals surface area contributed by atoms with Crippen LogP contribution in [0.5, 0.6) is 0 Å². The monoisotopic (exact) mass is 533 g/mol. The van der Waals surface area contributed by atoms with Gasteiger partial charge < -0.3 is 19.9 Å². The molecule has 6 nitrogen and oxygen atoms in total. The Hall–Kier alpha value is -1.63. The number of nitrogens with one attached hydrogen (secondary N) is 1. The number of carbonyl (C=O) groups excluding carboxylic acids is 2. The van der Waals surface area contributed by atoms with Gasteiger partial charge in [-0.05, 0) is 80.4 Å². The van der Waals surface area contributed by atoms with Gasteiger partial charge in [0.25, 0.3) is 0 Å². The third kappa shape index (κ3) is 5.06.